The fourth-order valence-electron chi connectivity index (χ4n) is 2.42. The van der Waals surface area contributed by atoms with Gasteiger partial charge in [0.05, 0.1) is 13.2 Å². The molecule has 0 bridgehead atoms. The van der Waals surface area contributed by atoms with Crippen LogP contribution in [0.25, 0.3) is 6.08 Å². The van der Waals surface area contributed by atoms with Gasteiger partial charge in [0.2, 0.25) is 0 Å². The second kappa shape index (κ2) is 12.5. The lowest BCUT2D eigenvalue weighted by Crippen LogP contribution is -2.18. The predicted octanol–water partition coefficient (Wildman–Crippen LogP) is 4.92. The molecule has 0 heterocycles. The Bertz CT molecular complexity index is 674. The maximum atomic E-state index is 11.9. The van der Waals surface area contributed by atoms with Gasteiger partial charge in [-0.3, -0.25) is 5.32 Å². The second-order valence-electron chi connectivity index (χ2n) is 6.15. The van der Waals surface area contributed by atoms with Crippen LogP contribution in [0.15, 0.2) is 29.8 Å². The summed E-state index contributed by atoms with van der Waals surface area (Å²) in [6, 6.07) is 8.58. The molecule has 0 saturated heterocycles. The zero-order valence-electron chi connectivity index (χ0n) is 16.3. The van der Waals surface area contributed by atoms with Gasteiger partial charge in [-0.25, -0.2) is 9.59 Å². The summed E-state index contributed by atoms with van der Waals surface area (Å²) >= 11 is 0. The van der Waals surface area contributed by atoms with Crippen molar-refractivity contribution in [2.45, 2.75) is 46.5 Å². The van der Waals surface area contributed by atoms with Crippen molar-refractivity contribution >= 4 is 23.8 Å². The number of nitriles is 1. The molecule has 0 aliphatic carbocycles. The van der Waals surface area contributed by atoms with Gasteiger partial charge >= 0.3 is 12.1 Å². The number of esters is 1. The number of rotatable bonds is 10. The molecule has 0 saturated carbocycles. The Kier molecular flexibility index (Phi) is 10.3. The van der Waals surface area contributed by atoms with Gasteiger partial charge in [-0.05, 0) is 43.0 Å². The highest BCUT2D eigenvalue weighted by Gasteiger charge is 2.11. The number of carbonyl (C=O) groups is 2. The molecule has 1 unspecified atom stereocenters. The van der Waals surface area contributed by atoms with Crippen molar-refractivity contribution in [2.24, 2.45) is 5.92 Å². The zero-order chi connectivity index (χ0) is 20.1. The molecule has 146 valence electrons. The van der Waals surface area contributed by atoms with Gasteiger partial charge in [0.15, 0.2) is 0 Å². The number of benzene rings is 1. The van der Waals surface area contributed by atoms with Crippen molar-refractivity contribution in [3.8, 4) is 6.07 Å². The Labute approximate surface area is 161 Å². The number of hydrogen-bond donors (Lipinski definition) is 1. The number of nitrogens with one attached hydrogen (secondary N) is 1. The molecule has 0 aliphatic rings. The van der Waals surface area contributed by atoms with E-state index >= 15 is 0 Å². The van der Waals surface area contributed by atoms with Crippen LogP contribution in [-0.4, -0.2) is 25.3 Å². The lowest BCUT2D eigenvalue weighted by Gasteiger charge is -2.15. The van der Waals surface area contributed by atoms with Crippen molar-refractivity contribution < 1.29 is 19.1 Å². The molecule has 6 heteroatoms. The van der Waals surface area contributed by atoms with Crippen molar-refractivity contribution in [3.05, 3.63) is 35.4 Å². The van der Waals surface area contributed by atoms with E-state index < -0.39 is 12.1 Å². The van der Waals surface area contributed by atoms with Gasteiger partial charge in [-0.2, -0.15) is 5.26 Å². The number of amides is 1. The number of carbonyl (C=O) groups excluding carboxylic acids is 2. The van der Waals surface area contributed by atoms with Crippen molar-refractivity contribution in [1.29, 1.82) is 5.26 Å². The highest BCUT2D eigenvalue weighted by Crippen LogP contribution is 2.15. The van der Waals surface area contributed by atoms with Gasteiger partial charge in [-0.15, -0.1) is 0 Å². The van der Waals surface area contributed by atoms with Crippen LogP contribution in [-0.2, 0) is 14.3 Å². The monoisotopic (exact) mass is 372 g/mol. The molecule has 1 aromatic rings. The topological polar surface area (TPSA) is 88.4 Å². The molecular formula is C21H28N2O4. The molecular weight excluding hydrogens is 344 g/mol. The quantitative estimate of drug-likeness (QED) is 0.358. The van der Waals surface area contributed by atoms with Gasteiger partial charge in [-0.1, -0.05) is 45.2 Å². The Morgan fingerprint density at radius 3 is 2.44 bits per heavy atom. The average Bonchev–Trinajstić information content (AvgIpc) is 2.67. The number of nitrogens with zero attached hydrogens (tertiary/aromatic N) is 1. The van der Waals surface area contributed by atoms with E-state index in [9.17, 15) is 9.59 Å². The molecule has 1 aromatic carbocycles. The van der Waals surface area contributed by atoms with E-state index in [1.54, 1.807) is 31.2 Å². The van der Waals surface area contributed by atoms with Crippen LogP contribution in [0.4, 0.5) is 10.5 Å². The predicted molar refractivity (Wildman–Crippen MR) is 105 cm³/mol. The fourth-order valence-corrected chi connectivity index (χ4v) is 2.42. The van der Waals surface area contributed by atoms with Crippen LogP contribution in [0, 0.1) is 17.2 Å². The van der Waals surface area contributed by atoms with Crippen LogP contribution >= 0.6 is 0 Å². The van der Waals surface area contributed by atoms with E-state index in [1.165, 1.54) is 6.08 Å². The lowest BCUT2D eigenvalue weighted by atomic mass is 10.0. The molecule has 1 rings (SSSR count). The van der Waals surface area contributed by atoms with Gasteiger partial charge in [0.25, 0.3) is 0 Å². The third kappa shape index (κ3) is 8.41. The van der Waals surface area contributed by atoms with Gasteiger partial charge < -0.3 is 9.47 Å². The van der Waals surface area contributed by atoms with Crippen molar-refractivity contribution in [3.63, 3.8) is 0 Å². The standard InChI is InChI=1S/C21H28N2O4/c1-4-7-8-16(5-2)15-27-21(25)23-19-11-9-17(10-12-19)13-18(14-22)20(24)26-6-3/h9-13,16H,4-8,15H2,1-3H3,(H,23,25)/b18-13-. The molecule has 0 aliphatic heterocycles. The van der Waals surface area contributed by atoms with E-state index in [0.717, 1.165) is 25.7 Å². The van der Waals surface area contributed by atoms with Crippen molar-refractivity contribution in [2.75, 3.05) is 18.5 Å². The van der Waals surface area contributed by atoms with Crippen LogP contribution in [0.5, 0.6) is 0 Å². The van der Waals surface area contributed by atoms with Crippen molar-refractivity contribution in [1.82, 2.24) is 0 Å². The summed E-state index contributed by atoms with van der Waals surface area (Å²) < 4.78 is 10.1. The Balaban J connectivity index is 2.60. The summed E-state index contributed by atoms with van der Waals surface area (Å²) in [7, 11) is 0. The number of hydrogen-bond acceptors (Lipinski definition) is 5. The average molecular weight is 372 g/mol. The van der Waals surface area contributed by atoms with Crippen LogP contribution in [0.1, 0.15) is 52.0 Å². The maximum absolute atomic E-state index is 11.9. The molecule has 27 heavy (non-hydrogen) atoms. The summed E-state index contributed by atoms with van der Waals surface area (Å²) in [5.74, 6) is -0.269. The van der Waals surface area contributed by atoms with Crippen LogP contribution in [0.3, 0.4) is 0 Å². The summed E-state index contributed by atoms with van der Waals surface area (Å²) in [5.41, 5.74) is 1.16. The summed E-state index contributed by atoms with van der Waals surface area (Å²) in [4.78, 5) is 23.5. The first kappa shape index (κ1) is 22.2. The fraction of sp³-hybridized carbons (Fsp3) is 0.476. The molecule has 6 nitrogen and oxygen atoms in total. The zero-order valence-corrected chi connectivity index (χ0v) is 16.3. The molecule has 1 amide bonds. The number of ether oxygens (including phenoxy) is 2. The van der Waals surface area contributed by atoms with Crippen LogP contribution in [0.2, 0.25) is 0 Å². The minimum absolute atomic E-state index is 0.0744. The van der Waals surface area contributed by atoms with E-state index in [0.29, 0.717) is 23.8 Å². The summed E-state index contributed by atoms with van der Waals surface area (Å²) in [6.07, 6.45) is 5.26. The highest BCUT2D eigenvalue weighted by atomic mass is 16.5. The van der Waals surface area contributed by atoms with E-state index in [-0.39, 0.29) is 12.2 Å². The molecule has 1 atom stereocenters. The molecule has 0 aromatic heterocycles. The largest absolute Gasteiger partial charge is 0.462 e. The van der Waals surface area contributed by atoms with E-state index in [2.05, 4.69) is 19.2 Å². The van der Waals surface area contributed by atoms with Gasteiger partial charge in [0.1, 0.15) is 11.6 Å². The minimum Gasteiger partial charge on any atom is -0.462 e. The lowest BCUT2D eigenvalue weighted by molar-refractivity contribution is -0.137. The van der Waals surface area contributed by atoms with E-state index in [1.807, 2.05) is 6.07 Å². The first-order chi connectivity index (χ1) is 13.0. The third-order valence-corrected chi connectivity index (χ3v) is 4.08. The Morgan fingerprint density at radius 2 is 1.89 bits per heavy atom. The first-order valence-electron chi connectivity index (χ1n) is 9.36. The minimum atomic E-state index is -0.653. The Morgan fingerprint density at radius 1 is 1.19 bits per heavy atom. The first-order valence-corrected chi connectivity index (χ1v) is 9.36. The summed E-state index contributed by atoms with van der Waals surface area (Å²) in [6.45, 7) is 6.54. The van der Waals surface area contributed by atoms with Gasteiger partial charge in [0, 0.05) is 5.69 Å². The smallest absolute Gasteiger partial charge is 0.411 e. The Hall–Kier alpha value is -2.81. The maximum Gasteiger partial charge on any atom is 0.411 e. The molecule has 0 fully saturated rings. The van der Waals surface area contributed by atoms with Crippen LogP contribution < -0.4 is 5.32 Å². The normalized spacial score (nSPS) is 12.0. The molecule has 0 spiro atoms. The SMILES string of the molecule is CCCCC(CC)COC(=O)Nc1ccc(/C=C(/C#N)C(=O)OCC)cc1. The summed E-state index contributed by atoms with van der Waals surface area (Å²) in [5, 5.41) is 11.7. The second-order valence-corrected chi connectivity index (χ2v) is 6.15. The number of anilines is 1. The molecule has 0 radical (unpaired) electrons. The number of unbranched alkanes of at least 4 members (excludes halogenated alkanes) is 1. The van der Waals surface area contributed by atoms with E-state index in [4.69, 9.17) is 14.7 Å². The molecule has 1 N–H and O–H groups in total. The highest BCUT2D eigenvalue weighted by molar-refractivity contribution is 5.98. The third-order valence-electron chi connectivity index (χ3n) is 4.08.